The second kappa shape index (κ2) is 7.65. The van der Waals surface area contributed by atoms with Gasteiger partial charge in [0.1, 0.15) is 22.7 Å². The second-order valence-corrected chi connectivity index (χ2v) is 6.56. The first-order chi connectivity index (χ1) is 12.1. The predicted octanol–water partition coefficient (Wildman–Crippen LogP) is 3.83. The number of alkyl halides is 2. The third-order valence-corrected chi connectivity index (χ3v) is 3.20. The molecule has 140 valence electrons. The SMILES string of the molecule is CC(C)(C)OC(=O)N(NCC(F)(F)c1ccccn1)c1ccccc1O. The molecular formula is C18H21F2N3O3. The van der Waals surface area contributed by atoms with Gasteiger partial charge < -0.3 is 9.84 Å². The molecule has 2 aromatic rings. The van der Waals surface area contributed by atoms with Gasteiger partial charge in [0.2, 0.25) is 0 Å². The Kier molecular flexibility index (Phi) is 5.76. The van der Waals surface area contributed by atoms with Gasteiger partial charge in [-0.1, -0.05) is 18.2 Å². The Balaban J connectivity index is 2.24. The first-order valence-electron chi connectivity index (χ1n) is 7.94. The number of ether oxygens (including phenoxy) is 1. The number of hydrogen-bond acceptors (Lipinski definition) is 5. The molecule has 6 nitrogen and oxygen atoms in total. The van der Waals surface area contributed by atoms with E-state index in [9.17, 15) is 18.7 Å². The molecule has 0 unspecified atom stereocenters. The lowest BCUT2D eigenvalue weighted by Gasteiger charge is -2.29. The van der Waals surface area contributed by atoms with Crippen LogP contribution in [0, 0.1) is 0 Å². The molecule has 0 saturated heterocycles. The third-order valence-electron chi connectivity index (χ3n) is 3.20. The number of aromatic nitrogens is 1. The number of nitrogens with one attached hydrogen (secondary N) is 1. The number of phenols is 1. The molecule has 0 aliphatic rings. The van der Waals surface area contributed by atoms with Crippen LogP contribution in [0.15, 0.2) is 48.7 Å². The molecule has 0 aliphatic heterocycles. The molecular weight excluding hydrogens is 344 g/mol. The van der Waals surface area contributed by atoms with Crippen LogP contribution in [0.25, 0.3) is 0 Å². The van der Waals surface area contributed by atoms with Gasteiger partial charge in [-0.15, -0.1) is 0 Å². The largest absolute Gasteiger partial charge is 0.506 e. The van der Waals surface area contributed by atoms with Crippen molar-refractivity contribution < 1.29 is 23.4 Å². The van der Waals surface area contributed by atoms with Crippen LogP contribution in [-0.4, -0.2) is 28.3 Å². The van der Waals surface area contributed by atoms with Gasteiger partial charge in [-0.05, 0) is 45.0 Å². The maximum Gasteiger partial charge on any atom is 0.429 e. The molecule has 0 bridgehead atoms. The van der Waals surface area contributed by atoms with Crippen LogP contribution in [0.4, 0.5) is 19.3 Å². The number of rotatable bonds is 5. The first kappa shape index (κ1) is 19.6. The van der Waals surface area contributed by atoms with Crippen molar-refractivity contribution in [1.82, 2.24) is 10.4 Å². The van der Waals surface area contributed by atoms with Crippen molar-refractivity contribution in [2.45, 2.75) is 32.3 Å². The van der Waals surface area contributed by atoms with Gasteiger partial charge in [-0.3, -0.25) is 4.98 Å². The number of pyridine rings is 1. The lowest BCUT2D eigenvalue weighted by Crippen LogP contribution is -2.49. The van der Waals surface area contributed by atoms with Gasteiger partial charge in [0.15, 0.2) is 0 Å². The normalized spacial score (nSPS) is 11.9. The highest BCUT2D eigenvalue weighted by atomic mass is 19.3. The first-order valence-corrected chi connectivity index (χ1v) is 7.94. The number of carbonyl (C=O) groups excluding carboxylic acids is 1. The van der Waals surface area contributed by atoms with Crippen LogP contribution >= 0.6 is 0 Å². The van der Waals surface area contributed by atoms with E-state index in [1.165, 1.54) is 36.5 Å². The van der Waals surface area contributed by atoms with Gasteiger partial charge in [0.05, 0.1) is 6.54 Å². The molecule has 2 N–H and O–H groups in total. The van der Waals surface area contributed by atoms with Crippen molar-refractivity contribution in [3.05, 3.63) is 54.4 Å². The maximum atomic E-state index is 14.4. The fraction of sp³-hybridized carbons (Fsp3) is 0.333. The van der Waals surface area contributed by atoms with Crippen LogP contribution in [0.2, 0.25) is 0 Å². The van der Waals surface area contributed by atoms with Gasteiger partial charge in [0, 0.05) is 6.20 Å². The van der Waals surface area contributed by atoms with Crippen LogP contribution in [0.5, 0.6) is 5.75 Å². The number of halogens is 2. The zero-order valence-corrected chi connectivity index (χ0v) is 14.7. The summed E-state index contributed by atoms with van der Waals surface area (Å²) in [6, 6.07) is 10.0. The number of hydrazine groups is 1. The highest BCUT2D eigenvalue weighted by Crippen LogP contribution is 2.29. The van der Waals surface area contributed by atoms with E-state index in [4.69, 9.17) is 4.74 Å². The zero-order chi connectivity index (χ0) is 19.4. The minimum Gasteiger partial charge on any atom is -0.506 e. The van der Waals surface area contributed by atoms with E-state index in [0.717, 1.165) is 5.01 Å². The third kappa shape index (κ3) is 5.13. The molecule has 1 amide bonds. The summed E-state index contributed by atoms with van der Waals surface area (Å²) in [4.78, 5) is 16.1. The van der Waals surface area contributed by atoms with E-state index in [-0.39, 0.29) is 11.4 Å². The average Bonchev–Trinajstić information content (AvgIpc) is 2.56. The van der Waals surface area contributed by atoms with Crippen LogP contribution in [0.3, 0.4) is 0 Å². The van der Waals surface area contributed by atoms with Crippen LogP contribution < -0.4 is 10.4 Å². The summed E-state index contributed by atoms with van der Waals surface area (Å²) in [6.45, 7) is 4.03. The summed E-state index contributed by atoms with van der Waals surface area (Å²) in [5, 5.41) is 10.7. The van der Waals surface area contributed by atoms with E-state index in [1.54, 1.807) is 32.9 Å². The number of nitrogens with zero attached hydrogens (tertiary/aromatic N) is 2. The van der Waals surface area contributed by atoms with Crippen molar-refractivity contribution in [1.29, 1.82) is 0 Å². The quantitative estimate of drug-likeness (QED) is 0.788. The Hall–Kier alpha value is -2.74. The van der Waals surface area contributed by atoms with Gasteiger partial charge in [-0.25, -0.2) is 15.2 Å². The Morgan fingerprint density at radius 3 is 2.42 bits per heavy atom. The van der Waals surface area contributed by atoms with E-state index >= 15 is 0 Å². The van der Waals surface area contributed by atoms with Crippen molar-refractivity contribution in [3.8, 4) is 5.75 Å². The summed E-state index contributed by atoms with van der Waals surface area (Å²) in [5.41, 5.74) is 1.07. The summed E-state index contributed by atoms with van der Waals surface area (Å²) in [5.74, 6) is -3.60. The molecule has 1 aromatic carbocycles. The predicted molar refractivity (Wildman–Crippen MR) is 93.0 cm³/mol. The van der Waals surface area contributed by atoms with Crippen molar-refractivity contribution in [2.75, 3.05) is 11.6 Å². The molecule has 0 atom stereocenters. The van der Waals surface area contributed by atoms with Gasteiger partial charge in [0.25, 0.3) is 0 Å². The molecule has 26 heavy (non-hydrogen) atoms. The lowest BCUT2D eigenvalue weighted by atomic mass is 10.2. The molecule has 0 aliphatic carbocycles. The molecule has 0 saturated carbocycles. The van der Waals surface area contributed by atoms with E-state index in [1.807, 2.05) is 0 Å². The summed E-state index contributed by atoms with van der Waals surface area (Å²) < 4.78 is 34.0. The summed E-state index contributed by atoms with van der Waals surface area (Å²) in [6.07, 6.45) is 0.341. The van der Waals surface area contributed by atoms with Gasteiger partial charge in [-0.2, -0.15) is 8.78 Å². The highest BCUT2D eigenvalue weighted by molar-refractivity contribution is 5.88. The standard InChI is InChI=1S/C18H21F2N3O3/c1-17(2,3)26-16(25)23(13-8-4-5-9-14(13)24)22-12-18(19,20)15-10-6-7-11-21-15/h4-11,22,24H,12H2,1-3H3. The molecule has 1 aromatic heterocycles. The maximum absolute atomic E-state index is 14.4. The van der Waals surface area contributed by atoms with Crippen molar-refractivity contribution >= 4 is 11.8 Å². The molecule has 0 radical (unpaired) electrons. The zero-order valence-electron chi connectivity index (χ0n) is 14.7. The lowest BCUT2D eigenvalue weighted by molar-refractivity contribution is -0.00921. The number of phenolic OH excluding ortho intramolecular Hbond substituents is 1. The van der Waals surface area contributed by atoms with Crippen LogP contribution in [-0.2, 0) is 10.7 Å². The Bertz CT molecular complexity index is 749. The summed E-state index contributed by atoms with van der Waals surface area (Å²) in [7, 11) is 0. The number of hydrogen-bond donors (Lipinski definition) is 2. The Morgan fingerprint density at radius 2 is 1.85 bits per heavy atom. The molecule has 8 heteroatoms. The Labute approximate surface area is 150 Å². The monoisotopic (exact) mass is 365 g/mol. The Morgan fingerprint density at radius 1 is 1.19 bits per heavy atom. The second-order valence-electron chi connectivity index (χ2n) is 6.56. The molecule has 0 spiro atoms. The summed E-state index contributed by atoms with van der Waals surface area (Å²) >= 11 is 0. The van der Waals surface area contributed by atoms with E-state index in [2.05, 4.69) is 10.4 Å². The molecule has 1 heterocycles. The van der Waals surface area contributed by atoms with Crippen LogP contribution in [0.1, 0.15) is 26.5 Å². The van der Waals surface area contributed by atoms with E-state index < -0.39 is 29.9 Å². The minimum absolute atomic E-state index is 0.00132. The number of anilines is 1. The average molecular weight is 365 g/mol. The number of aromatic hydroxyl groups is 1. The number of para-hydroxylation sites is 2. The number of carbonyl (C=O) groups is 1. The molecule has 2 rings (SSSR count). The smallest absolute Gasteiger partial charge is 0.429 e. The number of benzene rings is 1. The fourth-order valence-corrected chi connectivity index (χ4v) is 2.06. The molecule has 0 fully saturated rings. The number of amides is 1. The highest BCUT2D eigenvalue weighted by Gasteiger charge is 2.35. The van der Waals surface area contributed by atoms with Crippen molar-refractivity contribution in [3.63, 3.8) is 0 Å². The van der Waals surface area contributed by atoms with E-state index in [0.29, 0.717) is 0 Å². The fourth-order valence-electron chi connectivity index (χ4n) is 2.06. The van der Waals surface area contributed by atoms with Crippen molar-refractivity contribution in [2.24, 2.45) is 0 Å². The minimum atomic E-state index is -3.34. The topological polar surface area (TPSA) is 74.7 Å². The van der Waals surface area contributed by atoms with Gasteiger partial charge >= 0.3 is 12.0 Å².